The van der Waals surface area contributed by atoms with E-state index in [1.807, 2.05) is 0 Å². The predicted molar refractivity (Wildman–Crippen MR) is 345 cm³/mol. The number of esters is 4. The zero-order chi connectivity index (χ0) is 63.6. The van der Waals surface area contributed by atoms with E-state index in [1.54, 1.807) is 0 Å². The molecule has 0 fully saturated rings. The van der Waals surface area contributed by atoms with Crippen LogP contribution < -0.4 is 0 Å². The van der Waals surface area contributed by atoms with Crippen LogP contribution in [0.25, 0.3) is 0 Å². The number of aliphatic hydroxyl groups excluding tert-OH is 1. The van der Waals surface area contributed by atoms with E-state index >= 15 is 0 Å². The van der Waals surface area contributed by atoms with Gasteiger partial charge in [-0.25, -0.2) is 9.13 Å². The van der Waals surface area contributed by atoms with Crippen LogP contribution in [-0.4, -0.2) is 96.7 Å². The topological polar surface area (TPSA) is 237 Å². The van der Waals surface area contributed by atoms with E-state index in [4.69, 9.17) is 37.0 Å². The molecule has 510 valence electrons. The molecule has 0 bridgehead atoms. The summed E-state index contributed by atoms with van der Waals surface area (Å²) >= 11 is 0. The normalized spacial score (nSPS) is 14.5. The molecule has 0 heterocycles. The van der Waals surface area contributed by atoms with Crippen molar-refractivity contribution in [2.75, 3.05) is 39.6 Å². The van der Waals surface area contributed by atoms with Gasteiger partial charge in [0.1, 0.15) is 19.3 Å². The van der Waals surface area contributed by atoms with Gasteiger partial charge in [-0.15, -0.1) is 0 Å². The van der Waals surface area contributed by atoms with Crippen molar-refractivity contribution < 1.29 is 80.2 Å². The molecule has 0 saturated heterocycles. The molecule has 0 aliphatic carbocycles. The molecule has 0 spiro atoms. The van der Waals surface area contributed by atoms with Gasteiger partial charge in [-0.1, -0.05) is 286 Å². The van der Waals surface area contributed by atoms with Crippen molar-refractivity contribution in [1.82, 2.24) is 0 Å². The number of carbonyl (C=O) groups excluding carboxylic acids is 4. The first kappa shape index (κ1) is 84.1. The fourth-order valence-corrected chi connectivity index (χ4v) is 11.6. The summed E-state index contributed by atoms with van der Waals surface area (Å²) in [5, 5.41) is 10.6. The summed E-state index contributed by atoms with van der Waals surface area (Å²) in [5.74, 6) is -0.654. The monoisotopic (exact) mass is 1270 g/mol. The molecule has 86 heavy (non-hydrogen) atoms. The maximum absolute atomic E-state index is 13.0. The maximum Gasteiger partial charge on any atom is 0.472 e. The average molecular weight is 1270 g/mol. The summed E-state index contributed by atoms with van der Waals surface area (Å²) < 4.78 is 68.1. The summed E-state index contributed by atoms with van der Waals surface area (Å²) in [4.78, 5) is 72.3. The van der Waals surface area contributed by atoms with Gasteiger partial charge in [-0.05, 0) is 37.5 Å². The Labute approximate surface area is 524 Å². The third kappa shape index (κ3) is 59.7. The molecule has 0 aromatic heterocycles. The van der Waals surface area contributed by atoms with Gasteiger partial charge in [0.15, 0.2) is 12.2 Å². The van der Waals surface area contributed by atoms with Gasteiger partial charge >= 0.3 is 39.5 Å². The summed E-state index contributed by atoms with van der Waals surface area (Å²) in [6.45, 7) is 9.45. The van der Waals surface area contributed by atoms with Gasteiger partial charge < -0.3 is 33.8 Å². The molecule has 0 aliphatic heterocycles. The number of unbranched alkanes of at least 4 members (excludes halogenated alkanes) is 35. The van der Waals surface area contributed by atoms with Crippen LogP contribution in [0.2, 0.25) is 0 Å². The minimum Gasteiger partial charge on any atom is -0.462 e. The summed E-state index contributed by atoms with van der Waals surface area (Å²) in [6, 6.07) is 0. The third-order valence-corrected chi connectivity index (χ3v) is 17.7. The first-order chi connectivity index (χ1) is 41.4. The number of hydrogen-bond donors (Lipinski definition) is 3. The van der Waals surface area contributed by atoms with Gasteiger partial charge in [-0.2, -0.15) is 0 Å². The first-order valence-corrected chi connectivity index (χ1v) is 38.0. The number of phosphoric acid groups is 2. The van der Waals surface area contributed by atoms with Gasteiger partial charge in [-0.3, -0.25) is 37.3 Å². The standard InChI is InChI=1S/C67H130O17P2/c1-7-10-12-14-16-18-19-20-21-22-23-28-32-39-45-51-66(71)83-62(55-78-65(70)50-44-38-31-27-25-24-26-29-35-41-47-59(4)5)57-81-85(73,74)79-53-61(68)54-80-86(75,76)82-58-63(56-77-64(69)49-43-37-30-17-15-13-11-8-2)84-67(72)52-46-40-34-33-36-42-48-60(6)9-3/h59-63,68H,7-58H2,1-6H3,(H,73,74)(H,75,76)/t60?,61-,62-,63-/m1/s1. The lowest BCUT2D eigenvalue weighted by Gasteiger charge is -2.21. The van der Waals surface area contributed by atoms with E-state index in [0.29, 0.717) is 25.7 Å². The zero-order valence-electron chi connectivity index (χ0n) is 55.6. The van der Waals surface area contributed by atoms with Gasteiger partial charge in [0.05, 0.1) is 26.4 Å². The molecule has 17 nitrogen and oxygen atoms in total. The molecule has 0 aliphatic rings. The minimum absolute atomic E-state index is 0.103. The van der Waals surface area contributed by atoms with Crippen LogP contribution in [0, 0.1) is 11.8 Å². The van der Waals surface area contributed by atoms with Crippen molar-refractivity contribution in [3.63, 3.8) is 0 Å². The van der Waals surface area contributed by atoms with E-state index in [9.17, 15) is 43.2 Å². The number of hydrogen-bond acceptors (Lipinski definition) is 15. The highest BCUT2D eigenvalue weighted by Crippen LogP contribution is 2.45. The smallest absolute Gasteiger partial charge is 0.462 e. The van der Waals surface area contributed by atoms with E-state index in [0.717, 1.165) is 108 Å². The molecule has 0 amide bonds. The van der Waals surface area contributed by atoms with Crippen LogP contribution in [-0.2, 0) is 65.4 Å². The second kappa shape index (κ2) is 59.4. The van der Waals surface area contributed by atoms with Crippen LogP contribution >= 0.6 is 15.6 Å². The molecule has 6 atom stereocenters. The average Bonchev–Trinajstić information content (AvgIpc) is 3.66. The first-order valence-electron chi connectivity index (χ1n) is 35.0. The Morgan fingerprint density at radius 2 is 0.593 bits per heavy atom. The minimum atomic E-state index is -4.95. The molecule has 0 radical (unpaired) electrons. The van der Waals surface area contributed by atoms with Crippen LogP contribution in [0.3, 0.4) is 0 Å². The second-order valence-electron chi connectivity index (χ2n) is 24.9. The molecule has 0 aromatic rings. The van der Waals surface area contributed by atoms with Gasteiger partial charge in [0.2, 0.25) is 0 Å². The molecule has 3 N–H and O–H groups in total. The Kier molecular flexibility index (Phi) is 58.0. The third-order valence-electron chi connectivity index (χ3n) is 15.8. The van der Waals surface area contributed by atoms with Crippen LogP contribution in [0.1, 0.15) is 337 Å². The highest BCUT2D eigenvalue weighted by Gasteiger charge is 2.30. The Morgan fingerprint density at radius 3 is 0.884 bits per heavy atom. The molecular formula is C67H130O17P2. The Morgan fingerprint density at radius 1 is 0.337 bits per heavy atom. The van der Waals surface area contributed by atoms with Gasteiger partial charge in [0.25, 0.3) is 0 Å². The quantitative estimate of drug-likeness (QED) is 0.0222. The second-order valence-corrected chi connectivity index (χ2v) is 27.8. The lowest BCUT2D eigenvalue weighted by molar-refractivity contribution is -0.161. The Bertz CT molecular complexity index is 1690. The molecule has 0 saturated carbocycles. The maximum atomic E-state index is 13.0. The predicted octanol–water partition coefficient (Wildman–Crippen LogP) is 18.8. The number of carbonyl (C=O) groups is 4. The Balaban J connectivity index is 5.23. The van der Waals surface area contributed by atoms with Crippen LogP contribution in [0.5, 0.6) is 0 Å². The number of rotatable bonds is 66. The van der Waals surface area contributed by atoms with Crippen molar-refractivity contribution in [1.29, 1.82) is 0 Å². The lowest BCUT2D eigenvalue weighted by Crippen LogP contribution is -2.30. The van der Waals surface area contributed by atoms with Crippen molar-refractivity contribution >= 4 is 39.5 Å². The highest BCUT2D eigenvalue weighted by atomic mass is 31.2. The van der Waals surface area contributed by atoms with Crippen molar-refractivity contribution in [3.8, 4) is 0 Å². The Hall–Kier alpha value is -1.94. The summed E-state index contributed by atoms with van der Waals surface area (Å²) in [5.41, 5.74) is 0. The van der Waals surface area contributed by atoms with Crippen LogP contribution in [0.4, 0.5) is 0 Å². The van der Waals surface area contributed by atoms with E-state index in [2.05, 4.69) is 41.5 Å². The van der Waals surface area contributed by atoms with E-state index in [1.165, 1.54) is 148 Å². The van der Waals surface area contributed by atoms with Crippen molar-refractivity contribution in [2.45, 2.75) is 355 Å². The molecule has 0 aromatic carbocycles. The lowest BCUT2D eigenvalue weighted by atomic mass is 10.00. The highest BCUT2D eigenvalue weighted by molar-refractivity contribution is 7.47. The summed E-state index contributed by atoms with van der Waals surface area (Å²) in [7, 11) is -9.89. The molecule has 3 unspecified atom stereocenters. The van der Waals surface area contributed by atoms with Crippen molar-refractivity contribution in [2.24, 2.45) is 11.8 Å². The van der Waals surface area contributed by atoms with Gasteiger partial charge in [0, 0.05) is 25.7 Å². The number of phosphoric ester groups is 2. The SMILES string of the molecule is CCCCCCCCCCCCCCCCCC(=O)O[C@H](COC(=O)CCCCCCCCCCCCC(C)C)COP(=O)(O)OC[C@@H](O)COP(=O)(O)OC[C@@H](COC(=O)CCCCCCCCCC)OC(=O)CCCCCCCCC(C)CC. The fourth-order valence-electron chi connectivity index (χ4n) is 10.0. The molecule has 19 heteroatoms. The molecule has 0 rings (SSSR count). The number of aliphatic hydroxyl groups is 1. The largest absolute Gasteiger partial charge is 0.472 e. The fraction of sp³-hybridized carbons (Fsp3) is 0.940. The van der Waals surface area contributed by atoms with E-state index < -0.39 is 97.5 Å². The van der Waals surface area contributed by atoms with E-state index in [-0.39, 0.29) is 25.7 Å². The molecular weight excluding hydrogens is 1140 g/mol. The van der Waals surface area contributed by atoms with Crippen molar-refractivity contribution in [3.05, 3.63) is 0 Å². The zero-order valence-corrected chi connectivity index (χ0v) is 57.4. The summed E-state index contributed by atoms with van der Waals surface area (Å²) in [6.07, 6.45) is 43.1. The van der Waals surface area contributed by atoms with Crippen LogP contribution in [0.15, 0.2) is 0 Å². The number of ether oxygens (including phenoxy) is 4.